The molecule has 2 N–H and O–H groups in total. The van der Waals surface area contributed by atoms with E-state index in [0.29, 0.717) is 18.1 Å². The molecule has 2 atom stereocenters. The van der Waals surface area contributed by atoms with Gasteiger partial charge in [-0.25, -0.2) is 4.79 Å². The summed E-state index contributed by atoms with van der Waals surface area (Å²) in [6.07, 6.45) is 0.717. The smallest absolute Gasteiger partial charge is 0.319 e. The van der Waals surface area contributed by atoms with Gasteiger partial charge in [0, 0.05) is 23.8 Å². The number of nitrogens with one attached hydrogen (secondary N) is 2. The van der Waals surface area contributed by atoms with E-state index in [-0.39, 0.29) is 18.1 Å². The Bertz CT molecular complexity index is 939. The number of benzene rings is 2. The number of nitrogens with zero attached hydrogens (tertiary/aromatic N) is 3. The molecule has 2 amide bonds. The SMILES string of the molecule is Cc1ccc(-c2noc(C3CC(NC(=O)Nc4ccccc4)CN3C)n2)cc1. The number of carbonyl (C=O) groups excluding carboxylic acids is 1. The largest absolute Gasteiger partial charge is 0.337 e. The van der Waals surface area contributed by atoms with E-state index >= 15 is 0 Å². The highest BCUT2D eigenvalue weighted by atomic mass is 16.5. The molecule has 144 valence electrons. The second-order valence-corrected chi connectivity index (χ2v) is 7.17. The fourth-order valence-electron chi connectivity index (χ4n) is 3.46. The number of amides is 2. The van der Waals surface area contributed by atoms with Crippen LogP contribution in [0.2, 0.25) is 0 Å². The van der Waals surface area contributed by atoms with Crippen molar-refractivity contribution in [2.75, 3.05) is 18.9 Å². The first-order valence-electron chi connectivity index (χ1n) is 9.32. The van der Waals surface area contributed by atoms with Crippen molar-refractivity contribution in [3.8, 4) is 11.4 Å². The van der Waals surface area contributed by atoms with Gasteiger partial charge in [-0.1, -0.05) is 53.2 Å². The summed E-state index contributed by atoms with van der Waals surface area (Å²) in [7, 11) is 2.00. The van der Waals surface area contributed by atoms with Crippen molar-refractivity contribution in [1.82, 2.24) is 20.4 Å². The van der Waals surface area contributed by atoms with Crippen LogP contribution < -0.4 is 10.6 Å². The van der Waals surface area contributed by atoms with E-state index in [0.717, 1.165) is 17.8 Å². The Balaban J connectivity index is 1.39. The topological polar surface area (TPSA) is 83.3 Å². The maximum atomic E-state index is 12.2. The van der Waals surface area contributed by atoms with Gasteiger partial charge >= 0.3 is 6.03 Å². The van der Waals surface area contributed by atoms with Crippen LogP contribution in [0.1, 0.15) is 23.9 Å². The predicted octanol–water partition coefficient (Wildman–Crippen LogP) is 3.61. The van der Waals surface area contributed by atoms with E-state index < -0.39 is 0 Å². The molecule has 0 aliphatic carbocycles. The van der Waals surface area contributed by atoms with Crippen molar-refractivity contribution in [1.29, 1.82) is 0 Å². The summed E-state index contributed by atoms with van der Waals surface area (Å²) in [6, 6.07) is 17.2. The van der Waals surface area contributed by atoms with E-state index in [9.17, 15) is 4.79 Å². The summed E-state index contributed by atoms with van der Waals surface area (Å²) in [5, 5.41) is 9.99. The molecule has 0 spiro atoms. The second kappa shape index (κ2) is 7.82. The first-order valence-corrected chi connectivity index (χ1v) is 9.32. The molecule has 7 heteroatoms. The van der Waals surface area contributed by atoms with Gasteiger partial charge in [0.1, 0.15) is 0 Å². The molecular weight excluding hydrogens is 354 g/mol. The Labute approximate surface area is 163 Å². The number of carbonyl (C=O) groups is 1. The lowest BCUT2D eigenvalue weighted by Crippen LogP contribution is -2.39. The Hall–Kier alpha value is -3.19. The molecule has 2 aromatic carbocycles. The van der Waals surface area contributed by atoms with Gasteiger partial charge in [-0.15, -0.1) is 0 Å². The highest BCUT2D eigenvalue weighted by molar-refractivity contribution is 5.89. The van der Waals surface area contributed by atoms with Crippen molar-refractivity contribution >= 4 is 11.7 Å². The minimum Gasteiger partial charge on any atom is -0.337 e. The summed E-state index contributed by atoms with van der Waals surface area (Å²) in [5.41, 5.74) is 2.88. The molecule has 1 saturated heterocycles. The number of aryl methyl sites for hydroxylation is 1. The molecule has 7 nitrogen and oxygen atoms in total. The first-order chi connectivity index (χ1) is 13.6. The standard InChI is InChI=1S/C21H23N5O2/c1-14-8-10-15(11-9-14)19-24-20(28-25-19)18-12-17(13-26(18)2)23-21(27)22-16-6-4-3-5-7-16/h3-11,17-18H,12-13H2,1-2H3,(H2,22,23,27). The van der Waals surface area contributed by atoms with E-state index in [1.807, 2.05) is 68.6 Å². The number of anilines is 1. The van der Waals surface area contributed by atoms with E-state index in [4.69, 9.17) is 4.52 Å². The van der Waals surface area contributed by atoms with E-state index in [1.54, 1.807) is 0 Å². The fraction of sp³-hybridized carbons (Fsp3) is 0.286. The van der Waals surface area contributed by atoms with Crippen LogP contribution in [-0.4, -0.2) is 40.7 Å². The lowest BCUT2D eigenvalue weighted by Gasteiger charge is -2.14. The third-order valence-corrected chi connectivity index (χ3v) is 4.95. The van der Waals surface area contributed by atoms with Gasteiger partial charge in [-0.05, 0) is 32.5 Å². The number of para-hydroxylation sites is 1. The van der Waals surface area contributed by atoms with Gasteiger partial charge in [-0.3, -0.25) is 4.90 Å². The van der Waals surface area contributed by atoms with Crippen LogP contribution in [0, 0.1) is 6.92 Å². The number of urea groups is 1. The molecular formula is C21H23N5O2. The molecule has 3 aromatic rings. The molecule has 28 heavy (non-hydrogen) atoms. The lowest BCUT2D eigenvalue weighted by molar-refractivity contribution is 0.243. The average Bonchev–Trinajstić information content (AvgIpc) is 3.30. The summed E-state index contributed by atoms with van der Waals surface area (Å²) in [6.45, 7) is 2.76. The molecule has 1 aliphatic heterocycles. The van der Waals surface area contributed by atoms with Crippen molar-refractivity contribution in [2.24, 2.45) is 0 Å². The van der Waals surface area contributed by atoms with Gasteiger partial charge in [0.15, 0.2) is 0 Å². The summed E-state index contributed by atoms with van der Waals surface area (Å²) < 4.78 is 5.52. The molecule has 4 rings (SSSR count). The fourth-order valence-corrected chi connectivity index (χ4v) is 3.46. The molecule has 0 radical (unpaired) electrons. The number of hydrogen-bond acceptors (Lipinski definition) is 5. The highest BCUT2D eigenvalue weighted by Crippen LogP contribution is 2.31. The molecule has 1 aliphatic rings. The molecule has 0 bridgehead atoms. The number of aromatic nitrogens is 2. The van der Waals surface area contributed by atoms with Gasteiger partial charge < -0.3 is 15.2 Å². The summed E-state index contributed by atoms with van der Waals surface area (Å²) in [4.78, 5) is 18.9. The van der Waals surface area contributed by atoms with Crippen LogP contribution >= 0.6 is 0 Å². The van der Waals surface area contributed by atoms with Gasteiger partial charge in [0.05, 0.1) is 6.04 Å². The normalized spacial score (nSPS) is 19.5. The van der Waals surface area contributed by atoms with Gasteiger partial charge in [0.25, 0.3) is 0 Å². The minimum absolute atomic E-state index is 0.00781. The third-order valence-electron chi connectivity index (χ3n) is 4.95. The minimum atomic E-state index is -0.212. The summed E-state index contributed by atoms with van der Waals surface area (Å²) in [5.74, 6) is 1.16. The monoisotopic (exact) mass is 377 g/mol. The van der Waals surface area contributed by atoms with Crippen LogP contribution in [0.25, 0.3) is 11.4 Å². The van der Waals surface area contributed by atoms with Crippen LogP contribution in [-0.2, 0) is 0 Å². The van der Waals surface area contributed by atoms with Crippen molar-refractivity contribution in [2.45, 2.75) is 25.4 Å². The van der Waals surface area contributed by atoms with Crippen LogP contribution in [0.3, 0.4) is 0 Å². The van der Waals surface area contributed by atoms with Crippen LogP contribution in [0.4, 0.5) is 10.5 Å². The average molecular weight is 377 g/mol. The molecule has 1 aromatic heterocycles. The Morgan fingerprint density at radius 1 is 1.14 bits per heavy atom. The van der Waals surface area contributed by atoms with Gasteiger partial charge in [-0.2, -0.15) is 4.98 Å². The maximum absolute atomic E-state index is 12.2. The molecule has 2 heterocycles. The Morgan fingerprint density at radius 2 is 1.89 bits per heavy atom. The quantitative estimate of drug-likeness (QED) is 0.726. The van der Waals surface area contributed by atoms with E-state index in [2.05, 4.69) is 25.7 Å². The van der Waals surface area contributed by atoms with Crippen LogP contribution in [0.15, 0.2) is 59.1 Å². The van der Waals surface area contributed by atoms with Crippen molar-refractivity contribution < 1.29 is 9.32 Å². The first kappa shape index (κ1) is 18.2. The van der Waals surface area contributed by atoms with Crippen molar-refractivity contribution in [3.05, 3.63) is 66.1 Å². The number of hydrogen-bond donors (Lipinski definition) is 2. The van der Waals surface area contributed by atoms with Crippen LogP contribution in [0.5, 0.6) is 0 Å². The van der Waals surface area contributed by atoms with Gasteiger partial charge in [0.2, 0.25) is 11.7 Å². The molecule has 0 saturated carbocycles. The zero-order valence-corrected chi connectivity index (χ0v) is 15.9. The molecule has 2 unspecified atom stereocenters. The number of likely N-dealkylation sites (tertiary alicyclic amines) is 1. The number of rotatable bonds is 4. The zero-order chi connectivity index (χ0) is 19.5. The lowest BCUT2D eigenvalue weighted by atomic mass is 10.1. The molecule has 1 fully saturated rings. The zero-order valence-electron chi connectivity index (χ0n) is 15.9. The third kappa shape index (κ3) is 4.04. The Morgan fingerprint density at radius 3 is 2.64 bits per heavy atom. The Kier molecular flexibility index (Phi) is 5.08. The highest BCUT2D eigenvalue weighted by Gasteiger charge is 2.35. The maximum Gasteiger partial charge on any atom is 0.319 e. The predicted molar refractivity (Wildman–Crippen MR) is 107 cm³/mol. The summed E-state index contributed by atoms with van der Waals surface area (Å²) >= 11 is 0. The van der Waals surface area contributed by atoms with E-state index in [1.165, 1.54) is 5.56 Å². The van der Waals surface area contributed by atoms with Crippen molar-refractivity contribution in [3.63, 3.8) is 0 Å². The second-order valence-electron chi connectivity index (χ2n) is 7.17. The number of likely N-dealkylation sites (N-methyl/N-ethyl adjacent to an activating group) is 1.